The van der Waals surface area contributed by atoms with Gasteiger partial charge in [-0.15, -0.1) is 0 Å². The van der Waals surface area contributed by atoms with E-state index in [1.165, 1.54) is 22.3 Å². The van der Waals surface area contributed by atoms with E-state index in [-0.39, 0.29) is 36.2 Å². The van der Waals surface area contributed by atoms with Crippen molar-refractivity contribution < 1.29 is 14.7 Å². The molecule has 5 nitrogen and oxygen atoms in total. The second kappa shape index (κ2) is 7.20. The van der Waals surface area contributed by atoms with Crippen LogP contribution >= 0.6 is 0 Å². The van der Waals surface area contributed by atoms with Crippen LogP contribution in [-0.2, 0) is 16.0 Å². The Kier molecular flexibility index (Phi) is 4.42. The maximum atomic E-state index is 13.2. The highest BCUT2D eigenvalue weighted by molar-refractivity contribution is 6.00. The minimum absolute atomic E-state index is 0.0328. The smallest absolute Gasteiger partial charge is 0.228 e. The highest BCUT2D eigenvalue weighted by atomic mass is 16.3. The van der Waals surface area contributed by atoms with Gasteiger partial charge in [-0.05, 0) is 59.6 Å². The fourth-order valence-corrected chi connectivity index (χ4v) is 6.30. The summed E-state index contributed by atoms with van der Waals surface area (Å²) in [5, 5.41) is 10.3. The van der Waals surface area contributed by atoms with Crippen LogP contribution in [0.1, 0.15) is 36.8 Å². The van der Waals surface area contributed by atoms with Crippen LogP contribution < -0.4 is 4.90 Å². The van der Waals surface area contributed by atoms with E-state index in [2.05, 4.69) is 36.4 Å². The first kappa shape index (κ1) is 19.1. The Labute approximate surface area is 182 Å². The molecule has 4 unspecified atom stereocenters. The summed E-state index contributed by atoms with van der Waals surface area (Å²) in [7, 11) is 0. The van der Waals surface area contributed by atoms with Crippen molar-refractivity contribution in [1.29, 1.82) is 0 Å². The standard InChI is InChI=1S/C26H28N2O3/c29-24-7-3-5-17-13-27(15-23(17)24)26(31)19-12-25(30)28(14-19)20-8-9-22-18(11-20)10-16-4-1-2-6-21(16)22/h1-2,4,6,8-9,11,17,19,23-24,29H,3,5,7,10,12-15H2. The minimum atomic E-state index is -0.284. The Morgan fingerprint density at radius 1 is 0.968 bits per heavy atom. The monoisotopic (exact) mass is 416 g/mol. The molecule has 0 spiro atoms. The fraction of sp³-hybridized carbons (Fsp3) is 0.462. The van der Waals surface area contributed by atoms with Crippen molar-refractivity contribution in [2.45, 2.75) is 38.2 Å². The average Bonchev–Trinajstić information content (AvgIpc) is 3.47. The number of benzene rings is 2. The molecule has 6 rings (SSSR count). The molecule has 0 bridgehead atoms. The average molecular weight is 417 g/mol. The second-order valence-electron chi connectivity index (χ2n) is 9.75. The molecule has 2 aliphatic heterocycles. The Hall–Kier alpha value is -2.66. The van der Waals surface area contributed by atoms with Crippen molar-refractivity contribution in [1.82, 2.24) is 4.90 Å². The number of aliphatic hydroxyl groups is 1. The van der Waals surface area contributed by atoms with Crippen LogP contribution in [0, 0.1) is 17.8 Å². The van der Waals surface area contributed by atoms with Crippen molar-refractivity contribution in [2.24, 2.45) is 17.8 Å². The predicted octanol–water partition coefficient (Wildman–Crippen LogP) is 3.23. The van der Waals surface area contributed by atoms with Crippen LogP contribution in [0.25, 0.3) is 11.1 Å². The van der Waals surface area contributed by atoms with Crippen LogP contribution in [0.3, 0.4) is 0 Å². The summed E-state index contributed by atoms with van der Waals surface area (Å²) in [5.74, 6) is 0.468. The first-order valence-electron chi connectivity index (χ1n) is 11.6. The summed E-state index contributed by atoms with van der Waals surface area (Å²) in [4.78, 5) is 29.8. The van der Waals surface area contributed by atoms with Gasteiger partial charge in [0.25, 0.3) is 0 Å². The first-order chi connectivity index (χ1) is 15.1. The SMILES string of the molecule is O=C(C1CC(=O)N(c2ccc3c(c2)Cc2ccccc2-3)C1)N1CC2CCCC(O)C2C1. The lowest BCUT2D eigenvalue weighted by Crippen LogP contribution is -2.37. The number of likely N-dealkylation sites (tertiary alicyclic amines) is 1. The molecular weight excluding hydrogens is 388 g/mol. The van der Waals surface area contributed by atoms with Crippen LogP contribution in [0.5, 0.6) is 0 Å². The lowest BCUT2D eigenvalue weighted by molar-refractivity contribution is -0.135. The Bertz CT molecular complexity index is 1060. The molecule has 160 valence electrons. The molecule has 3 fully saturated rings. The van der Waals surface area contributed by atoms with E-state index < -0.39 is 0 Å². The molecule has 2 aromatic carbocycles. The molecule has 31 heavy (non-hydrogen) atoms. The Morgan fingerprint density at radius 2 is 1.81 bits per heavy atom. The molecule has 0 aromatic heterocycles. The van der Waals surface area contributed by atoms with Gasteiger partial charge in [0.15, 0.2) is 0 Å². The van der Waals surface area contributed by atoms with Gasteiger partial charge in [-0.2, -0.15) is 0 Å². The molecule has 1 N–H and O–H groups in total. The topological polar surface area (TPSA) is 60.9 Å². The van der Waals surface area contributed by atoms with Gasteiger partial charge < -0.3 is 14.9 Å². The van der Waals surface area contributed by atoms with Gasteiger partial charge >= 0.3 is 0 Å². The third-order valence-electron chi connectivity index (χ3n) is 7.94. The van der Waals surface area contributed by atoms with E-state index in [1.807, 2.05) is 11.0 Å². The zero-order valence-corrected chi connectivity index (χ0v) is 17.7. The Balaban J connectivity index is 1.18. The van der Waals surface area contributed by atoms with E-state index in [0.29, 0.717) is 19.0 Å². The molecule has 2 aliphatic carbocycles. The highest BCUT2D eigenvalue weighted by Gasteiger charge is 2.44. The molecule has 2 amide bonds. The number of fused-ring (bicyclic) bond motifs is 4. The highest BCUT2D eigenvalue weighted by Crippen LogP contribution is 2.40. The van der Waals surface area contributed by atoms with Crippen molar-refractivity contribution >= 4 is 17.5 Å². The lowest BCUT2D eigenvalue weighted by Gasteiger charge is -2.28. The number of carbonyl (C=O) groups is 2. The van der Waals surface area contributed by atoms with Gasteiger partial charge in [-0.25, -0.2) is 0 Å². The quantitative estimate of drug-likeness (QED) is 0.698. The third-order valence-corrected chi connectivity index (χ3v) is 7.94. The summed E-state index contributed by atoms with van der Waals surface area (Å²) >= 11 is 0. The van der Waals surface area contributed by atoms with Gasteiger partial charge in [-0.3, -0.25) is 9.59 Å². The number of aliphatic hydroxyl groups excluding tert-OH is 1. The van der Waals surface area contributed by atoms with E-state index >= 15 is 0 Å². The molecule has 2 heterocycles. The number of hydrogen-bond acceptors (Lipinski definition) is 3. The maximum Gasteiger partial charge on any atom is 0.228 e. The molecule has 4 aliphatic rings. The lowest BCUT2D eigenvalue weighted by atomic mass is 9.80. The van der Waals surface area contributed by atoms with Gasteiger partial charge in [-0.1, -0.05) is 36.8 Å². The predicted molar refractivity (Wildman–Crippen MR) is 119 cm³/mol. The normalized spacial score (nSPS) is 29.1. The summed E-state index contributed by atoms with van der Waals surface area (Å²) in [5.41, 5.74) is 6.00. The molecule has 4 atom stereocenters. The molecular formula is C26H28N2O3. The van der Waals surface area contributed by atoms with Crippen LogP contribution in [0.2, 0.25) is 0 Å². The fourth-order valence-electron chi connectivity index (χ4n) is 6.30. The molecule has 2 saturated heterocycles. The van der Waals surface area contributed by atoms with Crippen LogP contribution in [0.15, 0.2) is 42.5 Å². The molecule has 5 heteroatoms. The largest absolute Gasteiger partial charge is 0.393 e. The van der Waals surface area contributed by atoms with Crippen molar-refractivity contribution in [3.05, 3.63) is 53.6 Å². The van der Waals surface area contributed by atoms with Crippen molar-refractivity contribution in [2.75, 3.05) is 24.5 Å². The third kappa shape index (κ3) is 3.09. The molecule has 1 saturated carbocycles. The number of anilines is 1. The van der Waals surface area contributed by atoms with Gasteiger partial charge in [0, 0.05) is 37.7 Å². The number of carbonyl (C=O) groups excluding carboxylic acids is 2. The summed E-state index contributed by atoms with van der Waals surface area (Å²) in [6.45, 7) is 1.84. The second-order valence-corrected chi connectivity index (χ2v) is 9.75. The number of amides is 2. The number of rotatable bonds is 2. The van der Waals surface area contributed by atoms with Crippen LogP contribution in [0.4, 0.5) is 5.69 Å². The van der Waals surface area contributed by atoms with Crippen molar-refractivity contribution in [3.8, 4) is 11.1 Å². The molecule has 2 aromatic rings. The van der Waals surface area contributed by atoms with Crippen LogP contribution in [-0.4, -0.2) is 47.6 Å². The number of hydrogen-bond donors (Lipinski definition) is 1. The van der Waals surface area contributed by atoms with E-state index in [1.54, 1.807) is 4.90 Å². The maximum absolute atomic E-state index is 13.2. The minimum Gasteiger partial charge on any atom is -0.393 e. The molecule has 0 radical (unpaired) electrons. The summed E-state index contributed by atoms with van der Waals surface area (Å²) in [6.07, 6.45) is 3.88. The number of nitrogens with zero attached hydrogens (tertiary/aromatic N) is 2. The zero-order valence-electron chi connectivity index (χ0n) is 17.7. The van der Waals surface area contributed by atoms with Gasteiger partial charge in [0.1, 0.15) is 0 Å². The van der Waals surface area contributed by atoms with Gasteiger partial charge in [0.05, 0.1) is 12.0 Å². The van der Waals surface area contributed by atoms with E-state index in [0.717, 1.165) is 37.9 Å². The van der Waals surface area contributed by atoms with Crippen molar-refractivity contribution in [3.63, 3.8) is 0 Å². The summed E-state index contributed by atoms with van der Waals surface area (Å²) < 4.78 is 0. The van der Waals surface area contributed by atoms with E-state index in [9.17, 15) is 14.7 Å². The Morgan fingerprint density at radius 3 is 2.68 bits per heavy atom. The first-order valence-corrected chi connectivity index (χ1v) is 11.6. The summed E-state index contributed by atoms with van der Waals surface area (Å²) in [6, 6.07) is 14.7. The van der Waals surface area contributed by atoms with E-state index in [4.69, 9.17) is 0 Å². The zero-order chi connectivity index (χ0) is 21.1. The van der Waals surface area contributed by atoms with Gasteiger partial charge in [0.2, 0.25) is 11.8 Å².